The van der Waals surface area contributed by atoms with E-state index in [1.807, 2.05) is 18.2 Å². The predicted molar refractivity (Wildman–Crippen MR) is 69.4 cm³/mol. The number of esters is 1. The van der Waals surface area contributed by atoms with Crippen molar-refractivity contribution in [2.24, 2.45) is 4.99 Å². The number of furan rings is 1. The molecule has 0 unspecified atom stereocenters. The third kappa shape index (κ3) is 2.09. The van der Waals surface area contributed by atoms with E-state index >= 15 is 0 Å². The van der Waals surface area contributed by atoms with Gasteiger partial charge in [-0.15, -0.1) is 0 Å². The Bertz CT molecular complexity index is 601. The van der Waals surface area contributed by atoms with Gasteiger partial charge in [0.05, 0.1) is 7.11 Å². The van der Waals surface area contributed by atoms with E-state index in [4.69, 9.17) is 4.42 Å². The standard InChI is InChI=1S/C12H9NO3S/c1-15-12(14)11-10(13-6-7-17)8-4-2-3-5-9(8)16-11/h2-7H,1H3. The molecule has 0 bridgehead atoms. The molecule has 0 saturated carbocycles. The Labute approximate surface area is 103 Å². The topological polar surface area (TPSA) is 51.8 Å². The lowest BCUT2D eigenvalue weighted by atomic mass is 10.2. The molecule has 1 aromatic carbocycles. The summed E-state index contributed by atoms with van der Waals surface area (Å²) < 4.78 is 10.1. The number of para-hydroxylation sites is 1. The number of ether oxygens (including phenoxy) is 1. The first-order valence-corrected chi connectivity index (χ1v) is 5.32. The van der Waals surface area contributed by atoms with Crippen molar-refractivity contribution in [3.05, 3.63) is 30.0 Å². The number of benzene rings is 1. The van der Waals surface area contributed by atoms with Gasteiger partial charge in [-0.3, -0.25) is 4.99 Å². The van der Waals surface area contributed by atoms with Crippen molar-refractivity contribution in [1.29, 1.82) is 0 Å². The lowest BCUT2D eigenvalue weighted by molar-refractivity contribution is 0.0569. The number of methoxy groups -OCH3 is 1. The molecule has 0 aliphatic carbocycles. The maximum atomic E-state index is 11.5. The molecule has 0 saturated heterocycles. The summed E-state index contributed by atoms with van der Waals surface area (Å²) in [4.78, 5) is 15.6. The first-order valence-electron chi connectivity index (χ1n) is 4.85. The Kier molecular flexibility index (Phi) is 3.30. The molecule has 0 aliphatic rings. The average molecular weight is 247 g/mol. The maximum absolute atomic E-state index is 11.5. The molecular weight excluding hydrogens is 238 g/mol. The molecule has 1 aromatic heterocycles. The summed E-state index contributed by atoms with van der Waals surface area (Å²) in [6.45, 7) is 0. The summed E-state index contributed by atoms with van der Waals surface area (Å²) in [5.41, 5.74) is 1.03. The quantitative estimate of drug-likeness (QED) is 0.475. The molecule has 86 valence electrons. The van der Waals surface area contributed by atoms with Crippen LogP contribution in [0.15, 0.2) is 33.7 Å². The van der Waals surface area contributed by atoms with Gasteiger partial charge in [0.25, 0.3) is 0 Å². The minimum Gasteiger partial charge on any atom is -0.463 e. The largest absolute Gasteiger partial charge is 0.463 e. The zero-order valence-corrected chi connectivity index (χ0v) is 9.86. The van der Waals surface area contributed by atoms with Crippen molar-refractivity contribution in [3.63, 3.8) is 0 Å². The van der Waals surface area contributed by atoms with Crippen molar-refractivity contribution in [1.82, 2.24) is 0 Å². The number of fused-ring (bicyclic) bond motifs is 1. The Morgan fingerprint density at radius 1 is 1.47 bits per heavy atom. The number of hydrogen-bond acceptors (Lipinski definition) is 5. The monoisotopic (exact) mass is 247 g/mol. The van der Waals surface area contributed by atoms with E-state index in [0.717, 1.165) is 5.39 Å². The van der Waals surface area contributed by atoms with Crippen LogP contribution in [0.25, 0.3) is 11.0 Å². The summed E-state index contributed by atoms with van der Waals surface area (Å²) in [6.07, 6.45) is 1.43. The smallest absolute Gasteiger partial charge is 0.376 e. The van der Waals surface area contributed by atoms with Crippen molar-refractivity contribution in [2.45, 2.75) is 0 Å². The molecule has 5 heteroatoms. The van der Waals surface area contributed by atoms with Gasteiger partial charge >= 0.3 is 5.97 Å². The van der Waals surface area contributed by atoms with Crippen LogP contribution in [0.4, 0.5) is 5.69 Å². The van der Waals surface area contributed by atoms with Crippen molar-refractivity contribution in [2.75, 3.05) is 7.11 Å². The molecule has 0 amide bonds. The van der Waals surface area contributed by atoms with E-state index in [-0.39, 0.29) is 5.76 Å². The van der Waals surface area contributed by atoms with Crippen LogP contribution in [-0.2, 0) is 4.74 Å². The van der Waals surface area contributed by atoms with E-state index in [1.165, 1.54) is 18.7 Å². The summed E-state index contributed by atoms with van der Waals surface area (Å²) in [5.74, 6) is -0.473. The zero-order valence-electron chi connectivity index (χ0n) is 9.04. The van der Waals surface area contributed by atoms with Crippen LogP contribution in [0, 0.1) is 0 Å². The molecule has 0 radical (unpaired) electrons. The second kappa shape index (κ2) is 4.88. The lowest BCUT2D eigenvalue weighted by Gasteiger charge is -1.94. The SMILES string of the molecule is COC(=O)c1oc2ccccc2c1N=CC=S. The average Bonchev–Trinajstić information content (AvgIpc) is 2.74. The zero-order chi connectivity index (χ0) is 12.3. The summed E-state index contributed by atoms with van der Waals surface area (Å²) in [6, 6.07) is 7.24. The minimum atomic E-state index is -0.558. The van der Waals surface area contributed by atoms with Gasteiger partial charge in [-0.2, -0.15) is 0 Å². The summed E-state index contributed by atoms with van der Waals surface area (Å²) >= 11 is 4.66. The first kappa shape index (κ1) is 11.5. The van der Waals surface area contributed by atoms with Crippen molar-refractivity contribution in [3.8, 4) is 0 Å². The molecular formula is C12H9NO3S. The first-order chi connectivity index (χ1) is 8.27. The third-order valence-electron chi connectivity index (χ3n) is 2.20. The minimum absolute atomic E-state index is 0.0850. The molecule has 0 fully saturated rings. The fourth-order valence-electron chi connectivity index (χ4n) is 1.50. The lowest BCUT2D eigenvalue weighted by Crippen LogP contribution is -1.99. The van der Waals surface area contributed by atoms with E-state index in [2.05, 4.69) is 21.9 Å². The highest BCUT2D eigenvalue weighted by Crippen LogP contribution is 2.33. The van der Waals surface area contributed by atoms with Gasteiger partial charge in [-0.25, -0.2) is 4.79 Å². The Morgan fingerprint density at radius 2 is 2.24 bits per heavy atom. The van der Waals surface area contributed by atoms with Gasteiger partial charge in [0.1, 0.15) is 11.3 Å². The fraction of sp³-hybridized carbons (Fsp3) is 0.0833. The van der Waals surface area contributed by atoms with Gasteiger partial charge in [0.15, 0.2) is 0 Å². The Morgan fingerprint density at radius 3 is 2.94 bits per heavy atom. The molecule has 1 heterocycles. The maximum Gasteiger partial charge on any atom is 0.376 e. The summed E-state index contributed by atoms with van der Waals surface area (Å²) in [5, 5.41) is 2.11. The number of thiocarbonyl (C=S) groups is 1. The van der Waals surface area contributed by atoms with Crippen LogP contribution >= 0.6 is 12.2 Å². The normalized spacial score (nSPS) is 10.9. The van der Waals surface area contributed by atoms with Crippen molar-refractivity contribution >= 4 is 46.4 Å². The number of carbonyl (C=O) groups is 1. The Balaban J connectivity index is 2.68. The van der Waals surface area contributed by atoms with E-state index < -0.39 is 5.97 Å². The molecule has 0 atom stereocenters. The molecule has 0 N–H and O–H groups in total. The Hall–Kier alpha value is -2.01. The second-order valence-corrected chi connectivity index (χ2v) is 3.45. The molecule has 2 aromatic rings. The van der Waals surface area contributed by atoms with E-state index in [0.29, 0.717) is 11.3 Å². The predicted octanol–water partition coefficient (Wildman–Crippen LogP) is 2.92. The number of rotatable bonds is 3. The number of nitrogens with zero attached hydrogens (tertiary/aromatic N) is 1. The van der Waals surface area contributed by atoms with Gasteiger partial charge < -0.3 is 9.15 Å². The van der Waals surface area contributed by atoms with Crippen LogP contribution in [0.2, 0.25) is 0 Å². The van der Waals surface area contributed by atoms with Crippen LogP contribution in [0.1, 0.15) is 10.6 Å². The second-order valence-electron chi connectivity index (χ2n) is 3.18. The molecule has 4 nitrogen and oxygen atoms in total. The molecule has 17 heavy (non-hydrogen) atoms. The highest BCUT2D eigenvalue weighted by Gasteiger charge is 2.20. The van der Waals surface area contributed by atoms with Crippen LogP contribution in [0.3, 0.4) is 0 Å². The van der Waals surface area contributed by atoms with Crippen LogP contribution < -0.4 is 0 Å². The highest BCUT2D eigenvalue weighted by molar-refractivity contribution is 7.80. The fourth-order valence-corrected chi connectivity index (χ4v) is 1.56. The van der Waals surface area contributed by atoms with Gasteiger partial charge in [-0.05, 0) is 12.1 Å². The highest BCUT2D eigenvalue weighted by atomic mass is 32.1. The van der Waals surface area contributed by atoms with Crippen molar-refractivity contribution < 1.29 is 13.9 Å². The van der Waals surface area contributed by atoms with E-state index in [9.17, 15) is 4.79 Å². The van der Waals surface area contributed by atoms with E-state index in [1.54, 1.807) is 6.07 Å². The number of hydrogen-bond donors (Lipinski definition) is 0. The molecule has 2 rings (SSSR count). The van der Waals surface area contributed by atoms with Gasteiger partial charge in [-0.1, -0.05) is 24.4 Å². The van der Waals surface area contributed by atoms with Crippen LogP contribution in [0.5, 0.6) is 0 Å². The summed E-state index contributed by atoms with van der Waals surface area (Å²) in [7, 11) is 1.29. The third-order valence-corrected chi connectivity index (χ3v) is 2.33. The van der Waals surface area contributed by atoms with Crippen LogP contribution in [-0.4, -0.2) is 24.7 Å². The molecule has 0 spiro atoms. The van der Waals surface area contributed by atoms with Gasteiger partial charge in [0.2, 0.25) is 5.76 Å². The number of aliphatic imine (C=N–C) groups is 1. The molecule has 0 aliphatic heterocycles. The van der Waals surface area contributed by atoms with Gasteiger partial charge in [0, 0.05) is 17.0 Å². The number of carbonyl (C=O) groups excluding carboxylic acids is 1.